The molecule has 1 aromatic rings. The van der Waals surface area contributed by atoms with Crippen molar-refractivity contribution in [3.05, 3.63) is 33.4 Å². The fourth-order valence-corrected chi connectivity index (χ4v) is 2.49. The molecule has 2 nitrogen and oxygen atoms in total. The predicted octanol–water partition coefficient (Wildman–Crippen LogP) is 3.08. The first-order valence-corrected chi connectivity index (χ1v) is 6.93. The Morgan fingerprint density at radius 1 is 1.25 bits per heavy atom. The highest BCUT2D eigenvalue weighted by Gasteiger charge is 2.19. The third kappa shape index (κ3) is 3.71. The number of benzene rings is 1. The second kappa shape index (κ2) is 5.98. The molecule has 2 unspecified atom stereocenters. The van der Waals surface area contributed by atoms with Crippen LogP contribution in [0, 0.1) is 3.57 Å². The predicted molar refractivity (Wildman–Crippen MR) is 74.2 cm³/mol. The topological polar surface area (TPSA) is 35.2 Å². The van der Waals surface area contributed by atoms with Crippen LogP contribution in [0.1, 0.15) is 31.2 Å². The van der Waals surface area contributed by atoms with E-state index in [2.05, 4.69) is 46.9 Å². The smallest absolute Gasteiger partial charge is 0.0720 e. The van der Waals surface area contributed by atoms with Crippen LogP contribution in [-0.2, 0) is 11.3 Å². The van der Waals surface area contributed by atoms with Gasteiger partial charge in [0.05, 0.1) is 12.7 Å². The van der Waals surface area contributed by atoms with Gasteiger partial charge in [0.1, 0.15) is 0 Å². The highest BCUT2D eigenvalue weighted by Crippen LogP contribution is 2.21. The van der Waals surface area contributed by atoms with Crippen molar-refractivity contribution >= 4 is 22.6 Å². The average Bonchev–Trinajstić information content (AvgIpc) is 2.28. The van der Waals surface area contributed by atoms with Crippen LogP contribution in [0.2, 0.25) is 0 Å². The van der Waals surface area contributed by atoms with E-state index in [9.17, 15) is 0 Å². The molecule has 16 heavy (non-hydrogen) atoms. The standard InChI is InChI=1S/C13H18INO/c14-11-6-4-10(5-7-11)9-16-13-3-1-2-12(15)8-13/h4-7,12-13H,1-3,8-9,15H2. The normalized spacial score (nSPS) is 25.6. The van der Waals surface area contributed by atoms with Gasteiger partial charge in [-0.15, -0.1) is 0 Å². The Balaban J connectivity index is 1.80. The van der Waals surface area contributed by atoms with Gasteiger partial charge in [-0.2, -0.15) is 0 Å². The van der Waals surface area contributed by atoms with E-state index < -0.39 is 0 Å². The maximum atomic E-state index is 5.93. The molecule has 2 rings (SSSR count). The van der Waals surface area contributed by atoms with Gasteiger partial charge in [0, 0.05) is 9.61 Å². The molecule has 2 atom stereocenters. The Hall–Kier alpha value is -0.130. The third-order valence-corrected chi connectivity index (χ3v) is 3.78. The highest BCUT2D eigenvalue weighted by molar-refractivity contribution is 14.1. The van der Waals surface area contributed by atoms with Crippen LogP contribution in [0.15, 0.2) is 24.3 Å². The van der Waals surface area contributed by atoms with Crippen LogP contribution in [0.25, 0.3) is 0 Å². The van der Waals surface area contributed by atoms with E-state index in [1.54, 1.807) is 0 Å². The molecule has 0 heterocycles. The fraction of sp³-hybridized carbons (Fsp3) is 0.538. The van der Waals surface area contributed by atoms with Crippen molar-refractivity contribution in [1.82, 2.24) is 0 Å². The lowest BCUT2D eigenvalue weighted by Gasteiger charge is -2.26. The maximum Gasteiger partial charge on any atom is 0.0720 e. The van der Waals surface area contributed by atoms with Crippen LogP contribution in [0.3, 0.4) is 0 Å². The molecule has 1 aliphatic carbocycles. The molecule has 0 amide bonds. The fourth-order valence-electron chi connectivity index (χ4n) is 2.13. The van der Waals surface area contributed by atoms with Gasteiger partial charge in [-0.1, -0.05) is 12.1 Å². The van der Waals surface area contributed by atoms with E-state index in [4.69, 9.17) is 10.5 Å². The summed E-state index contributed by atoms with van der Waals surface area (Å²) in [6.07, 6.45) is 4.91. The molecule has 1 saturated carbocycles. The number of nitrogens with two attached hydrogens (primary N) is 1. The molecular formula is C13H18INO. The summed E-state index contributed by atoms with van der Waals surface area (Å²) in [5.74, 6) is 0. The second-order valence-corrected chi connectivity index (χ2v) is 5.73. The number of rotatable bonds is 3. The minimum Gasteiger partial charge on any atom is -0.373 e. The molecule has 2 N–H and O–H groups in total. The summed E-state index contributed by atoms with van der Waals surface area (Å²) in [5, 5.41) is 0. The monoisotopic (exact) mass is 331 g/mol. The summed E-state index contributed by atoms with van der Waals surface area (Å²) in [6, 6.07) is 8.84. The van der Waals surface area contributed by atoms with Crippen molar-refractivity contribution in [3.8, 4) is 0 Å². The molecule has 1 aromatic carbocycles. The molecule has 0 saturated heterocycles. The van der Waals surface area contributed by atoms with Crippen LogP contribution in [0.5, 0.6) is 0 Å². The van der Waals surface area contributed by atoms with Crippen LogP contribution in [-0.4, -0.2) is 12.1 Å². The van der Waals surface area contributed by atoms with Crippen LogP contribution in [0.4, 0.5) is 0 Å². The minimum absolute atomic E-state index is 0.343. The Bertz CT molecular complexity index is 325. The molecule has 0 radical (unpaired) electrons. The summed E-state index contributed by atoms with van der Waals surface area (Å²) in [7, 11) is 0. The van der Waals surface area contributed by atoms with E-state index in [-0.39, 0.29) is 0 Å². The van der Waals surface area contributed by atoms with Crippen molar-refractivity contribution in [2.45, 2.75) is 44.4 Å². The molecule has 0 aromatic heterocycles. The van der Waals surface area contributed by atoms with E-state index in [0.717, 1.165) is 19.3 Å². The zero-order valence-corrected chi connectivity index (χ0v) is 11.5. The number of halogens is 1. The molecule has 1 aliphatic rings. The maximum absolute atomic E-state index is 5.93. The van der Waals surface area contributed by atoms with Crippen molar-refractivity contribution in [2.75, 3.05) is 0 Å². The van der Waals surface area contributed by atoms with Gasteiger partial charge in [-0.05, 0) is 66.0 Å². The summed E-state index contributed by atoms with van der Waals surface area (Å²) in [6.45, 7) is 0.717. The number of hydrogen-bond acceptors (Lipinski definition) is 2. The molecule has 1 fully saturated rings. The van der Waals surface area contributed by atoms with Crippen LogP contribution >= 0.6 is 22.6 Å². The SMILES string of the molecule is NC1CCCC(OCc2ccc(I)cc2)C1. The number of ether oxygens (including phenoxy) is 1. The summed E-state index contributed by atoms with van der Waals surface area (Å²) in [4.78, 5) is 0. The van der Waals surface area contributed by atoms with E-state index in [1.165, 1.54) is 15.6 Å². The lowest BCUT2D eigenvalue weighted by Crippen LogP contribution is -2.32. The summed E-state index contributed by atoms with van der Waals surface area (Å²) in [5.41, 5.74) is 7.18. The lowest BCUT2D eigenvalue weighted by atomic mass is 9.93. The van der Waals surface area contributed by atoms with Gasteiger partial charge in [-0.25, -0.2) is 0 Å². The molecular weight excluding hydrogens is 313 g/mol. The zero-order chi connectivity index (χ0) is 11.4. The largest absolute Gasteiger partial charge is 0.373 e. The quantitative estimate of drug-likeness (QED) is 0.864. The Morgan fingerprint density at radius 3 is 2.69 bits per heavy atom. The van der Waals surface area contributed by atoms with Crippen molar-refractivity contribution < 1.29 is 4.74 Å². The van der Waals surface area contributed by atoms with Crippen molar-refractivity contribution in [1.29, 1.82) is 0 Å². The average molecular weight is 331 g/mol. The van der Waals surface area contributed by atoms with Gasteiger partial charge in [0.15, 0.2) is 0 Å². The molecule has 88 valence electrons. The van der Waals surface area contributed by atoms with Gasteiger partial charge in [0.25, 0.3) is 0 Å². The minimum atomic E-state index is 0.343. The second-order valence-electron chi connectivity index (χ2n) is 4.49. The van der Waals surface area contributed by atoms with Crippen molar-refractivity contribution in [3.63, 3.8) is 0 Å². The Morgan fingerprint density at radius 2 is 2.00 bits per heavy atom. The van der Waals surface area contributed by atoms with Gasteiger partial charge in [0.2, 0.25) is 0 Å². The Labute approximate surface area is 111 Å². The van der Waals surface area contributed by atoms with Gasteiger partial charge >= 0.3 is 0 Å². The molecule has 0 bridgehead atoms. The third-order valence-electron chi connectivity index (χ3n) is 3.07. The zero-order valence-electron chi connectivity index (χ0n) is 9.36. The van der Waals surface area contributed by atoms with Crippen LogP contribution < -0.4 is 5.73 Å². The first kappa shape index (κ1) is 12.3. The van der Waals surface area contributed by atoms with Gasteiger partial charge in [-0.3, -0.25) is 0 Å². The van der Waals surface area contributed by atoms with Crippen molar-refractivity contribution in [2.24, 2.45) is 5.73 Å². The van der Waals surface area contributed by atoms with E-state index >= 15 is 0 Å². The first-order chi connectivity index (χ1) is 7.74. The van der Waals surface area contributed by atoms with E-state index in [1.807, 2.05) is 0 Å². The molecule has 3 heteroatoms. The summed E-state index contributed by atoms with van der Waals surface area (Å²) < 4.78 is 7.16. The number of hydrogen-bond donors (Lipinski definition) is 1. The van der Waals surface area contributed by atoms with Gasteiger partial charge < -0.3 is 10.5 Å². The summed E-state index contributed by atoms with van der Waals surface area (Å²) >= 11 is 2.31. The first-order valence-electron chi connectivity index (χ1n) is 5.85. The Kier molecular flexibility index (Phi) is 4.61. The van der Waals surface area contributed by atoms with E-state index in [0.29, 0.717) is 18.8 Å². The highest BCUT2D eigenvalue weighted by atomic mass is 127. The molecule has 0 spiro atoms. The lowest BCUT2D eigenvalue weighted by molar-refractivity contribution is 0.0122. The molecule has 0 aliphatic heterocycles.